The summed E-state index contributed by atoms with van der Waals surface area (Å²) in [6.07, 6.45) is 11.3. The lowest BCUT2D eigenvalue weighted by Gasteiger charge is -2.39. The number of rotatable bonds is 25. The highest BCUT2D eigenvalue weighted by Crippen LogP contribution is 2.42. The molecule has 1 saturated heterocycles. The third kappa shape index (κ3) is 15.9. The van der Waals surface area contributed by atoms with Gasteiger partial charge in [0.25, 0.3) is 0 Å². The molecule has 61 heavy (non-hydrogen) atoms. The fourth-order valence-corrected chi connectivity index (χ4v) is 18.9. The van der Waals surface area contributed by atoms with Crippen LogP contribution in [0.4, 0.5) is 0 Å². The molecule has 0 aliphatic carbocycles. The fraction of sp³-hybridized carbons (Fsp3) is 0.837. The summed E-state index contributed by atoms with van der Waals surface area (Å²) in [6.45, 7) is 34.7. The maximum Gasteiger partial charge on any atom is 0.308 e. The lowest BCUT2D eigenvalue weighted by Crippen LogP contribution is -2.46. The van der Waals surface area contributed by atoms with Gasteiger partial charge in [-0.15, -0.1) is 0 Å². The second-order valence-corrected chi connectivity index (χ2v) is 32.9. The van der Waals surface area contributed by atoms with Gasteiger partial charge in [0.1, 0.15) is 18.3 Å². The van der Waals surface area contributed by atoms with Crippen LogP contribution in [0.15, 0.2) is 36.0 Å². The van der Waals surface area contributed by atoms with Gasteiger partial charge in [0.05, 0.1) is 30.3 Å². The summed E-state index contributed by atoms with van der Waals surface area (Å²) >= 11 is 0. The van der Waals surface area contributed by atoms with Crippen molar-refractivity contribution in [3.05, 3.63) is 36.0 Å². The van der Waals surface area contributed by atoms with Crippen LogP contribution in [0, 0.1) is 17.8 Å². The minimum Gasteiger partial charge on any atom is -0.457 e. The molecule has 0 saturated carbocycles. The van der Waals surface area contributed by atoms with E-state index in [0.29, 0.717) is 12.3 Å². The van der Waals surface area contributed by atoms with Crippen LogP contribution in [-0.2, 0) is 41.8 Å². The van der Waals surface area contributed by atoms with E-state index >= 15 is 0 Å². The zero-order valence-corrected chi connectivity index (χ0v) is 45.0. The highest BCUT2D eigenvalue weighted by molar-refractivity contribution is 6.74. The molecule has 11 atom stereocenters. The molecule has 12 heteroatoms. The number of ether oxygens (including phenoxy) is 4. The van der Waals surface area contributed by atoms with E-state index in [1.54, 1.807) is 7.11 Å². The Bertz CT molecular complexity index is 1380. The van der Waals surface area contributed by atoms with Gasteiger partial charge in [0.15, 0.2) is 25.0 Å². The zero-order chi connectivity index (χ0) is 46.2. The Balaban J connectivity index is 2.55. The summed E-state index contributed by atoms with van der Waals surface area (Å²) in [6, 6.07) is 9.50. The molecule has 0 amide bonds. The van der Waals surface area contributed by atoms with Crippen LogP contribution in [0.2, 0.25) is 54.4 Å². The first-order valence-corrected chi connectivity index (χ1v) is 32.0. The number of hydrogen-bond acceptors (Lipinski definition) is 9. The molecule has 0 radical (unpaired) electrons. The van der Waals surface area contributed by atoms with E-state index in [0.717, 1.165) is 72.8 Å². The maximum absolute atomic E-state index is 14.0. The first-order valence-electron chi connectivity index (χ1n) is 24.5. The maximum atomic E-state index is 14.0. The number of hydrogen-bond donors (Lipinski definition) is 0. The Kier molecular flexibility index (Phi) is 23.7. The summed E-state index contributed by atoms with van der Waals surface area (Å²) in [5.41, 5.74) is 0.370. The SMILES string of the molecule is CCC(O[Si](CC)(CC)CC)C(C)C1OC1CC(C)(/C=C/C=C(\C)C1OC(=O)CC(O[Si](CC)(CC)CC)CC(C)C(OC)C(OC(C)=O)/C=C/C1C)O[Si](CC)(CC)CC. The molecule has 9 nitrogen and oxygen atoms in total. The topological polar surface area (TPSA) is 102 Å². The molecule has 2 heterocycles. The molecule has 354 valence electrons. The van der Waals surface area contributed by atoms with Crippen LogP contribution in [0.5, 0.6) is 0 Å². The standard InChI is InChI=1S/C49H92O9Si3/c1-18-42(57-60(22-5,23-6)24-7)39(14)48-44(54-48)35-49(16,58-61(25-8,26-9)27-10)32-28-29-36(11)46-37(12)30-31-43(53-40(15)50)47(52-17)38(13)33-41(34-45(51)55-46)56-59(19-2,20-3)21-4/h28-32,37-39,41-44,46-48H,18-27,33-35H2,1-17H3/b31-30+,32-28+,36-29+. The molecule has 0 aromatic carbocycles. The molecule has 0 aromatic rings. The Hall–Kier alpha value is -1.39. The summed E-state index contributed by atoms with van der Waals surface area (Å²) in [5, 5.41) is 0. The van der Waals surface area contributed by atoms with Crippen molar-refractivity contribution >= 4 is 36.9 Å². The Morgan fingerprint density at radius 1 is 0.869 bits per heavy atom. The van der Waals surface area contributed by atoms with E-state index in [4.69, 9.17) is 32.2 Å². The van der Waals surface area contributed by atoms with Crippen molar-refractivity contribution in [3.8, 4) is 0 Å². The lowest BCUT2D eigenvalue weighted by molar-refractivity contribution is -0.153. The van der Waals surface area contributed by atoms with Gasteiger partial charge in [-0.1, -0.05) is 114 Å². The van der Waals surface area contributed by atoms with Gasteiger partial charge >= 0.3 is 11.9 Å². The van der Waals surface area contributed by atoms with Crippen molar-refractivity contribution in [2.24, 2.45) is 17.8 Å². The molecular formula is C49H92O9Si3. The number of carbonyl (C=O) groups is 2. The number of cyclic esters (lactones) is 1. The molecule has 1 fully saturated rings. The Labute approximate surface area is 377 Å². The largest absolute Gasteiger partial charge is 0.457 e. The van der Waals surface area contributed by atoms with Crippen LogP contribution in [0.3, 0.4) is 0 Å². The highest BCUT2D eigenvalue weighted by Gasteiger charge is 2.51. The number of methoxy groups -OCH3 is 1. The molecule has 0 aromatic heterocycles. The normalized spacial score (nSPS) is 28.6. The van der Waals surface area contributed by atoms with E-state index in [1.165, 1.54) is 6.92 Å². The van der Waals surface area contributed by atoms with Crippen LogP contribution in [0.1, 0.15) is 136 Å². The van der Waals surface area contributed by atoms with Crippen molar-refractivity contribution in [3.63, 3.8) is 0 Å². The molecule has 2 aliphatic rings. The molecule has 11 unspecified atom stereocenters. The van der Waals surface area contributed by atoms with Crippen molar-refractivity contribution < 1.29 is 41.8 Å². The average Bonchev–Trinajstić information content (AvgIpc) is 4.01. The van der Waals surface area contributed by atoms with Gasteiger partial charge in [-0.25, -0.2) is 0 Å². The van der Waals surface area contributed by atoms with Gasteiger partial charge in [0.2, 0.25) is 0 Å². The van der Waals surface area contributed by atoms with Gasteiger partial charge in [-0.3, -0.25) is 9.59 Å². The summed E-state index contributed by atoms with van der Waals surface area (Å²) in [4.78, 5) is 26.4. The lowest BCUT2D eigenvalue weighted by atomic mass is 9.90. The molecule has 0 spiro atoms. The second kappa shape index (κ2) is 25.9. The van der Waals surface area contributed by atoms with E-state index < -0.39 is 48.9 Å². The zero-order valence-electron chi connectivity index (χ0n) is 42.0. The average molecular weight is 910 g/mol. The quantitative estimate of drug-likeness (QED) is 0.0291. The fourth-order valence-electron chi connectivity index (χ4n) is 9.93. The number of esters is 2. The molecule has 2 rings (SSSR count). The summed E-state index contributed by atoms with van der Waals surface area (Å²) in [5.74, 6) is -0.613. The predicted molar refractivity (Wildman–Crippen MR) is 259 cm³/mol. The number of allylic oxidation sites excluding steroid dienone is 2. The highest BCUT2D eigenvalue weighted by atomic mass is 28.4. The molecule has 0 N–H and O–H groups in total. The number of carbonyl (C=O) groups excluding carboxylic acids is 2. The predicted octanol–water partition coefficient (Wildman–Crippen LogP) is 12.7. The third-order valence-electron chi connectivity index (χ3n) is 14.9. The van der Waals surface area contributed by atoms with Crippen molar-refractivity contribution in [2.75, 3.05) is 7.11 Å². The van der Waals surface area contributed by atoms with Gasteiger partial charge in [-0.05, 0) is 98.7 Å². The van der Waals surface area contributed by atoms with Crippen molar-refractivity contribution in [2.45, 2.75) is 239 Å². The van der Waals surface area contributed by atoms with E-state index in [1.807, 2.05) is 26.0 Å². The van der Waals surface area contributed by atoms with Gasteiger partial charge in [0, 0.05) is 38.4 Å². The van der Waals surface area contributed by atoms with Crippen molar-refractivity contribution in [1.82, 2.24) is 0 Å². The van der Waals surface area contributed by atoms with Crippen LogP contribution >= 0.6 is 0 Å². The van der Waals surface area contributed by atoms with Crippen LogP contribution in [-0.4, -0.2) is 92.3 Å². The third-order valence-corrected chi connectivity index (χ3v) is 29.0. The summed E-state index contributed by atoms with van der Waals surface area (Å²) in [7, 11) is -4.20. The summed E-state index contributed by atoms with van der Waals surface area (Å²) < 4.78 is 46.2. The first kappa shape index (κ1) is 55.7. The van der Waals surface area contributed by atoms with Gasteiger partial charge in [-0.2, -0.15) is 0 Å². The van der Waals surface area contributed by atoms with E-state index in [9.17, 15) is 9.59 Å². The second-order valence-electron chi connectivity index (χ2n) is 18.8. The molecular weight excluding hydrogens is 817 g/mol. The minimum absolute atomic E-state index is 0.0527. The number of epoxide rings is 1. The monoisotopic (exact) mass is 909 g/mol. The molecule has 2 aliphatic heterocycles. The molecule has 0 bridgehead atoms. The van der Waals surface area contributed by atoms with Crippen LogP contribution < -0.4 is 0 Å². The van der Waals surface area contributed by atoms with Crippen LogP contribution in [0.25, 0.3) is 0 Å². The smallest absolute Gasteiger partial charge is 0.308 e. The van der Waals surface area contributed by atoms with E-state index in [2.05, 4.69) is 108 Å². The first-order chi connectivity index (χ1) is 28.8. The van der Waals surface area contributed by atoms with Gasteiger partial charge < -0.3 is 32.2 Å². The van der Waals surface area contributed by atoms with E-state index in [-0.39, 0.29) is 54.6 Å². The Morgan fingerprint density at radius 3 is 1.92 bits per heavy atom. The Morgan fingerprint density at radius 2 is 1.43 bits per heavy atom. The van der Waals surface area contributed by atoms with Crippen molar-refractivity contribution in [1.29, 1.82) is 0 Å². The minimum atomic E-state index is -2.08.